The maximum absolute atomic E-state index is 14.4. The Hall–Kier alpha value is -2.34. The van der Waals surface area contributed by atoms with Crippen molar-refractivity contribution in [3.8, 4) is 0 Å². The molecule has 0 bridgehead atoms. The minimum atomic E-state index is -2.59. The zero-order chi connectivity index (χ0) is 26.8. The molecule has 2 atom stereocenters. The number of halogens is 2. The summed E-state index contributed by atoms with van der Waals surface area (Å²) in [6.07, 6.45) is 5.65. The van der Waals surface area contributed by atoms with E-state index in [2.05, 4.69) is 29.5 Å². The summed E-state index contributed by atoms with van der Waals surface area (Å²) in [6.45, 7) is 14.0. The van der Waals surface area contributed by atoms with Crippen molar-refractivity contribution in [2.45, 2.75) is 92.0 Å². The molecule has 4 nitrogen and oxygen atoms in total. The van der Waals surface area contributed by atoms with Crippen LogP contribution in [0.5, 0.6) is 0 Å². The quantitative estimate of drug-likeness (QED) is 0.340. The van der Waals surface area contributed by atoms with Crippen LogP contribution in [-0.2, 0) is 6.42 Å². The maximum atomic E-state index is 14.4. The van der Waals surface area contributed by atoms with Gasteiger partial charge in [0.05, 0.1) is 0 Å². The van der Waals surface area contributed by atoms with E-state index in [4.69, 9.17) is 5.41 Å². The van der Waals surface area contributed by atoms with Crippen LogP contribution in [0, 0.1) is 11.3 Å². The number of benzene rings is 1. The van der Waals surface area contributed by atoms with Gasteiger partial charge in [-0.15, -0.1) is 0 Å². The van der Waals surface area contributed by atoms with E-state index in [0.29, 0.717) is 16.8 Å². The molecular weight excluding hydrogens is 454 g/mol. The van der Waals surface area contributed by atoms with Crippen molar-refractivity contribution in [1.82, 2.24) is 10.6 Å². The molecule has 1 aromatic rings. The van der Waals surface area contributed by atoms with Crippen molar-refractivity contribution in [3.05, 3.63) is 51.7 Å². The van der Waals surface area contributed by atoms with E-state index in [1.807, 2.05) is 33.8 Å². The average Bonchev–Trinajstić information content (AvgIpc) is 2.85. The van der Waals surface area contributed by atoms with Crippen LogP contribution in [-0.4, -0.2) is 38.1 Å². The third-order valence-electron chi connectivity index (χ3n) is 7.19. The summed E-state index contributed by atoms with van der Waals surface area (Å²) in [4.78, 5) is 4.13. The van der Waals surface area contributed by atoms with Crippen molar-refractivity contribution in [2.75, 3.05) is 20.1 Å². The van der Waals surface area contributed by atoms with Crippen molar-refractivity contribution >= 4 is 17.5 Å². The molecule has 3 rings (SSSR count). The first kappa shape index (κ1) is 29.9. The SMILES string of the molecule is CC.CN=C/C(=C\NC(C)C)c1cc2c(cc1C(F)F)C(C)C(C(=N)C1=C(C)CCNC1)CCCC2. The summed E-state index contributed by atoms with van der Waals surface area (Å²) >= 11 is 0. The number of fused-ring (bicyclic) bond motifs is 1. The van der Waals surface area contributed by atoms with Crippen LogP contribution in [0.3, 0.4) is 0 Å². The second-order valence-electron chi connectivity index (χ2n) is 9.99. The molecule has 200 valence electrons. The molecule has 3 N–H and O–H groups in total. The molecule has 2 aliphatic rings. The molecule has 0 saturated carbocycles. The molecule has 2 unspecified atom stereocenters. The molecule has 6 heteroatoms. The predicted octanol–water partition coefficient (Wildman–Crippen LogP) is 7.47. The van der Waals surface area contributed by atoms with Crippen molar-refractivity contribution in [3.63, 3.8) is 0 Å². The van der Waals surface area contributed by atoms with Gasteiger partial charge in [0.15, 0.2) is 0 Å². The van der Waals surface area contributed by atoms with Crippen molar-refractivity contribution in [2.24, 2.45) is 10.9 Å². The Balaban J connectivity index is 0.00000222. The van der Waals surface area contributed by atoms with Gasteiger partial charge in [0.1, 0.15) is 0 Å². The van der Waals surface area contributed by atoms with Gasteiger partial charge in [-0.25, -0.2) is 8.78 Å². The first-order chi connectivity index (χ1) is 17.2. The second kappa shape index (κ2) is 14.4. The maximum Gasteiger partial charge on any atom is 0.264 e. The first-order valence-corrected chi connectivity index (χ1v) is 13.6. The summed E-state index contributed by atoms with van der Waals surface area (Å²) in [6, 6.07) is 3.87. The standard InChI is InChI=1S/C28H40F2N4.C2H6/c1-17(2)34-15-21(14-32-5)24-12-20-8-6-7-9-22(19(4)23(20)13-25(24)28(29)30)27(31)26-16-33-11-10-18(26)3;1-2/h12-15,17,19,22,28,31,33-34H,6-11,16H2,1-5H3;1-2H3/b21-15+,31-27?,32-14?;. The van der Waals surface area contributed by atoms with E-state index in [1.165, 1.54) is 5.57 Å². The van der Waals surface area contributed by atoms with Crippen LogP contribution in [0.4, 0.5) is 8.78 Å². The molecule has 1 aliphatic heterocycles. The average molecular weight is 501 g/mol. The van der Waals surface area contributed by atoms with E-state index in [9.17, 15) is 8.78 Å². The lowest BCUT2D eigenvalue weighted by atomic mass is 9.73. The van der Waals surface area contributed by atoms with Gasteiger partial charge in [0.2, 0.25) is 0 Å². The highest BCUT2D eigenvalue weighted by Gasteiger charge is 2.31. The first-order valence-electron chi connectivity index (χ1n) is 13.6. The number of hydrogen-bond donors (Lipinski definition) is 3. The van der Waals surface area contributed by atoms with Crippen LogP contribution in [0.1, 0.15) is 102 Å². The van der Waals surface area contributed by atoms with Gasteiger partial charge < -0.3 is 16.0 Å². The van der Waals surface area contributed by atoms with E-state index in [0.717, 1.165) is 61.9 Å². The molecule has 0 fully saturated rings. The fraction of sp³-hybridized carbons (Fsp3) is 0.600. The Morgan fingerprint density at radius 3 is 2.53 bits per heavy atom. The molecule has 36 heavy (non-hydrogen) atoms. The van der Waals surface area contributed by atoms with Gasteiger partial charge in [0, 0.05) is 54.8 Å². The lowest BCUT2D eigenvalue weighted by molar-refractivity contribution is 0.151. The number of aliphatic imine (C=N–C) groups is 1. The number of nitrogens with one attached hydrogen (secondary N) is 3. The smallest absolute Gasteiger partial charge is 0.264 e. The van der Waals surface area contributed by atoms with E-state index in [-0.39, 0.29) is 23.4 Å². The molecule has 0 amide bonds. The Morgan fingerprint density at radius 1 is 1.19 bits per heavy atom. The van der Waals surface area contributed by atoms with E-state index in [1.54, 1.807) is 25.5 Å². The zero-order valence-electron chi connectivity index (χ0n) is 23.3. The van der Waals surface area contributed by atoms with Gasteiger partial charge in [-0.2, -0.15) is 0 Å². The molecule has 0 aromatic heterocycles. The summed E-state index contributed by atoms with van der Waals surface area (Å²) in [5.74, 6) is 0.0488. The summed E-state index contributed by atoms with van der Waals surface area (Å²) in [7, 11) is 1.66. The van der Waals surface area contributed by atoms with Gasteiger partial charge in [0.25, 0.3) is 6.43 Å². The fourth-order valence-corrected chi connectivity index (χ4v) is 5.21. The van der Waals surface area contributed by atoms with Crippen LogP contribution >= 0.6 is 0 Å². The number of aryl methyl sites for hydroxylation is 1. The van der Waals surface area contributed by atoms with Crippen LogP contribution < -0.4 is 10.6 Å². The van der Waals surface area contributed by atoms with Gasteiger partial charge in [-0.3, -0.25) is 4.99 Å². The molecular formula is C30H46F2N4. The Morgan fingerprint density at radius 2 is 1.92 bits per heavy atom. The number of allylic oxidation sites excluding steroid dienone is 1. The second-order valence-corrected chi connectivity index (χ2v) is 9.99. The largest absolute Gasteiger partial charge is 0.388 e. The number of hydrogen-bond acceptors (Lipinski definition) is 4. The van der Waals surface area contributed by atoms with Crippen molar-refractivity contribution in [1.29, 1.82) is 5.41 Å². The number of alkyl halides is 2. The Bertz CT molecular complexity index is 975. The van der Waals surface area contributed by atoms with Crippen LogP contribution in [0.15, 0.2) is 34.5 Å². The highest BCUT2D eigenvalue weighted by atomic mass is 19.3. The van der Waals surface area contributed by atoms with Crippen LogP contribution in [0.25, 0.3) is 5.57 Å². The van der Waals surface area contributed by atoms with Crippen LogP contribution in [0.2, 0.25) is 0 Å². The topological polar surface area (TPSA) is 60.3 Å². The minimum absolute atomic E-state index is 0.0117. The van der Waals surface area contributed by atoms with Gasteiger partial charge in [-0.1, -0.05) is 38.8 Å². The zero-order valence-corrected chi connectivity index (χ0v) is 23.3. The highest BCUT2D eigenvalue weighted by molar-refractivity contribution is 6.10. The molecule has 0 spiro atoms. The highest BCUT2D eigenvalue weighted by Crippen LogP contribution is 2.40. The van der Waals surface area contributed by atoms with Gasteiger partial charge >= 0.3 is 0 Å². The number of rotatable bonds is 7. The molecule has 0 saturated heterocycles. The lowest BCUT2D eigenvalue weighted by Gasteiger charge is -2.32. The molecule has 1 aliphatic carbocycles. The third kappa shape index (κ3) is 7.34. The summed E-state index contributed by atoms with van der Waals surface area (Å²) in [5, 5.41) is 15.7. The third-order valence-corrected chi connectivity index (χ3v) is 7.19. The van der Waals surface area contributed by atoms with Gasteiger partial charge in [-0.05, 0) is 87.2 Å². The van der Waals surface area contributed by atoms with E-state index >= 15 is 0 Å². The summed E-state index contributed by atoms with van der Waals surface area (Å²) < 4.78 is 28.7. The number of nitrogens with zero attached hydrogens (tertiary/aromatic N) is 1. The summed E-state index contributed by atoms with van der Waals surface area (Å²) in [5.41, 5.74) is 6.44. The molecule has 0 radical (unpaired) electrons. The minimum Gasteiger partial charge on any atom is -0.388 e. The monoisotopic (exact) mass is 500 g/mol. The lowest BCUT2D eigenvalue weighted by Crippen LogP contribution is -2.33. The Kier molecular flexibility index (Phi) is 12.0. The van der Waals surface area contributed by atoms with Crippen molar-refractivity contribution < 1.29 is 8.78 Å². The molecule has 1 heterocycles. The molecule has 1 aromatic carbocycles. The van der Waals surface area contributed by atoms with E-state index < -0.39 is 6.43 Å². The predicted molar refractivity (Wildman–Crippen MR) is 151 cm³/mol. The normalized spacial score (nSPS) is 21.1. The Labute approximate surface area is 217 Å². The fourth-order valence-electron chi connectivity index (χ4n) is 5.21.